The topological polar surface area (TPSA) is 85.8 Å². The van der Waals surface area contributed by atoms with Gasteiger partial charge in [-0.3, -0.25) is 9.48 Å². The van der Waals surface area contributed by atoms with Crippen LogP contribution < -0.4 is 11.1 Å². The molecule has 0 radical (unpaired) electrons. The lowest BCUT2D eigenvalue weighted by Gasteiger charge is -2.07. The molecule has 1 atom stereocenters. The first kappa shape index (κ1) is 12.5. The number of carbonyl (C=O) groups is 1. The van der Waals surface area contributed by atoms with Crippen LogP contribution >= 0.6 is 0 Å². The summed E-state index contributed by atoms with van der Waals surface area (Å²) in [4.78, 5) is 15.9. The van der Waals surface area contributed by atoms with E-state index in [0.29, 0.717) is 12.1 Å². The summed E-state index contributed by atoms with van der Waals surface area (Å²) in [5.41, 5.74) is 7.94. The van der Waals surface area contributed by atoms with Gasteiger partial charge in [0.1, 0.15) is 0 Å². The third-order valence-corrected chi connectivity index (χ3v) is 2.65. The number of anilines is 1. The Morgan fingerprint density at radius 3 is 3.00 bits per heavy atom. The molecule has 96 valence electrons. The number of rotatable bonds is 3. The zero-order chi connectivity index (χ0) is 13.3. The Labute approximate surface area is 105 Å². The average Bonchev–Trinajstić information content (AvgIpc) is 2.53. The van der Waals surface area contributed by atoms with Crippen molar-refractivity contribution in [2.45, 2.75) is 26.3 Å². The minimum atomic E-state index is -0.151. The lowest BCUT2D eigenvalue weighted by molar-refractivity contribution is -0.116. The highest BCUT2D eigenvalue weighted by Crippen LogP contribution is 2.19. The van der Waals surface area contributed by atoms with Crippen molar-refractivity contribution >= 4 is 22.6 Å². The fourth-order valence-corrected chi connectivity index (χ4v) is 1.88. The molecule has 0 fully saturated rings. The molecule has 0 aliphatic rings. The van der Waals surface area contributed by atoms with Gasteiger partial charge in [0.15, 0.2) is 5.65 Å². The van der Waals surface area contributed by atoms with E-state index in [2.05, 4.69) is 15.4 Å². The molecule has 1 unspecified atom stereocenters. The number of hydrogen-bond donors (Lipinski definition) is 2. The highest BCUT2D eigenvalue weighted by atomic mass is 16.1. The van der Waals surface area contributed by atoms with Gasteiger partial charge in [-0.05, 0) is 19.9 Å². The van der Waals surface area contributed by atoms with Gasteiger partial charge in [0, 0.05) is 24.9 Å². The predicted octanol–water partition coefficient (Wildman–Crippen LogP) is 0.953. The molecule has 3 N–H and O–H groups in total. The molecule has 1 amide bonds. The third-order valence-electron chi connectivity index (χ3n) is 2.65. The highest BCUT2D eigenvalue weighted by molar-refractivity contribution is 5.93. The highest BCUT2D eigenvalue weighted by Gasteiger charge is 2.09. The van der Waals surface area contributed by atoms with Crippen LogP contribution in [0.3, 0.4) is 0 Å². The molecule has 0 saturated heterocycles. The van der Waals surface area contributed by atoms with Crippen LogP contribution in [0.25, 0.3) is 11.0 Å². The van der Waals surface area contributed by atoms with Crippen LogP contribution in [0.15, 0.2) is 12.3 Å². The van der Waals surface area contributed by atoms with E-state index in [-0.39, 0.29) is 11.9 Å². The largest absolute Gasteiger partial charge is 0.327 e. The maximum Gasteiger partial charge on any atom is 0.225 e. The summed E-state index contributed by atoms with van der Waals surface area (Å²) in [6.45, 7) is 3.71. The summed E-state index contributed by atoms with van der Waals surface area (Å²) in [6.07, 6.45) is 1.92. The zero-order valence-electron chi connectivity index (χ0n) is 10.8. The number of hydrogen-bond acceptors (Lipinski definition) is 4. The van der Waals surface area contributed by atoms with Gasteiger partial charge in [-0.25, -0.2) is 4.98 Å². The van der Waals surface area contributed by atoms with Crippen molar-refractivity contribution in [1.82, 2.24) is 14.8 Å². The second kappa shape index (κ2) is 4.73. The predicted molar refractivity (Wildman–Crippen MR) is 70.1 cm³/mol. The number of nitrogens with one attached hydrogen (secondary N) is 1. The number of amides is 1. The van der Waals surface area contributed by atoms with Crippen molar-refractivity contribution in [1.29, 1.82) is 0 Å². The van der Waals surface area contributed by atoms with Crippen LogP contribution in [0.4, 0.5) is 5.69 Å². The molecule has 0 spiro atoms. The van der Waals surface area contributed by atoms with Gasteiger partial charge in [0.2, 0.25) is 5.91 Å². The Balaban J connectivity index is 2.25. The number of carbonyl (C=O) groups excluding carboxylic acids is 1. The van der Waals surface area contributed by atoms with Gasteiger partial charge in [-0.1, -0.05) is 0 Å². The first-order valence-electron chi connectivity index (χ1n) is 5.82. The van der Waals surface area contributed by atoms with Crippen molar-refractivity contribution in [3.05, 3.63) is 18.0 Å². The van der Waals surface area contributed by atoms with Crippen LogP contribution in [0, 0.1) is 6.92 Å². The molecule has 6 heteroatoms. The Hall–Kier alpha value is -1.95. The Bertz CT molecular complexity index is 587. The van der Waals surface area contributed by atoms with Crippen LogP contribution in [0.2, 0.25) is 0 Å². The van der Waals surface area contributed by atoms with Crippen LogP contribution in [-0.4, -0.2) is 26.7 Å². The number of aryl methyl sites for hydroxylation is 2. The first-order valence-corrected chi connectivity index (χ1v) is 5.82. The van der Waals surface area contributed by atoms with E-state index in [9.17, 15) is 4.79 Å². The molecule has 0 aromatic carbocycles. The minimum Gasteiger partial charge on any atom is -0.327 e. The van der Waals surface area contributed by atoms with E-state index >= 15 is 0 Å². The van der Waals surface area contributed by atoms with E-state index in [0.717, 1.165) is 16.7 Å². The number of pyridine rings is 1. The van der Waals surface area contributed by atoms with E-state index < -0.39 is 0 Å². The van der Waals surface area contributed by atoms with Gasteiger partial charge < -0.3 is 11.1 Å². The van der Waals surface area contributed by atoms with Gasteiger partial charge in [-0.2, -0.15) is 5.10 Å². The van der Waals surface area contributed by atoms with Crippen molar-refractivity contribution in [2.24, 2.45) is 12.8 Å². The Morgan fingerprint density at radius 1 is 1.61 bits per heavy atom. The molecule has 0 aliphatic carbocycles. The van der Waals surface area contributed by atoms with Crippen molar-refractivity contribution < 1.29 is 4.79 Å². The fourth-order valence-electron chi connectivity index (χ4n) is 1.88. The second-order valence-corrected chi connectivity index (χ2v) is 4.53. The normalized spacial score (nSPS) is 12.7. The second-order valence-electron chi connectivity index (χ2n) is 4.53. The summed E-state index contributed by atoms with van der Waals surface area (Å²) in [5, 5.41) is 8.00. The van der Waals surface area contributed by atoms with Gasteiger partial charge in [0.25, 0.3) is 0 Å². The van der Waals surface area contributed by atoms with Crippen molar-refractivity contribution in [3.63, 3.8) is 0 Å². The van der Waals surface area contributed by atoms with Gasteiger partial charge in [0.05, 0.1) is 17.6 Å². The van der Waals surface area contributed by atoms with Crippen LogP contribution in [0.1, 0.15) is 19.0 Å². The average molecular weight is 247 g/mol. The lowest BCUT2D eigenvalue weighted by Crippen LogP contribution is -2.24. The fraction of sp³-hybridized carbons (Fsp3) is 0.417. The molecule has 2 rings (SSSR count). The summed E-state index contributed by atoms with van der Waals surface area (Å²) in [5.74, 6) is -0.104. The Kier molecular flexibility index (Phi) is 3.29. The van der Waals surface area contributed by atoms with Gasteiger partial charge >= 0.3 is 0 Å². The molecule has 0 aliphatic heterocycles. The third kappa shape index (κ3) is 2.48. The monoisotopic (exact) mass is 247 g/mol. The molecule has 0 saturated carbocycles. The summed E-state index contributed by atoms with van der Waals surface area (Å²) in [7, 11) is 1.84. The summed E-state index contributed by atoms with van der Waals surface area (Å²) < 4.78 is 1.72. The van der Waals surface area contributed by atoms with Crippen LogP contribution in [-0.2, 0) is 11.8 Å². The quantitative estimate of drug-likeness (QED) is 0.845. The van der Waals surface area contributed by atoms with Crippen LogP contribution in [0.5, 0.6) is 0 Å². The van der Waals surface area contributed by atoms with E-state index in [4.69, 9.17) is 5.73 Å². The molecule has 2 aromatic rings. The minimum absolute atomic E-state index is 0.104. The van der Waals surface area contributed by atoms with Gasteiger partial charge in [-0.15, -0.1) is 0 Å². The number of nitrogens with two attached hydrogens (primary N) is 1. The van der Waals surface area contributed by atoms with E-state index in [1.54, 1.807) is 17.8 Å². The van der Waals surface area contributed by atoms with Crippen molar-refractivity contribution in [2.75, 3.05) is 5.32 Å². The molecule has 2 heterocycles. The molecular weight excluding hydrogens is 230 g/mol. The molecule has 0 bridgehead atoms. The van der Waals surface area contributed by atoms with E-state index in [1.165, 1.54) is 0 Å². The summed E-state index contributed by atoms with van der Waals surface area (Å²) >= 11 is 0. The standard InChI is InChI=1S/C12H17N5O/c1-7(13)4-11(18)15-9-5-10-8(2)16-17(3)12(10)14-6-9/h5-7H,4,13H2,1-3H3,(H,15,18). The molecule has 6 nitrogen and oxygen atoms in total. The first-order chi connectivity index (χ1) is 8.47. The number of fused-ring (bicyclic) bond motifs is 1. The lowest BCUT2D eigenvalue weighted by atomic mass is 10.2. The molecular formula is C12H17N5O. The number of nitrogens with zero attached hydrogens (tertiary/aromatic N) is 3. The van der Waals surface area contributed by atoms with Crippen molar-refractivity contribution in [3.8, 4) is 0 Å². The smallest absolute Gasteiger partial charge is 0.225 e. The maximum absolute atomic E-state index is 11.6. The summed E-state index contributed by atoms with van der Waals surface area (Å²) in [6, 6.07) is 1.73. The zero-order valence-corrected chi connectivity index (χ0v) is 10.8. The molecule has 18 heavy (non-hydrogen) atoms. The maximum atomic E-state index is 11.6. The number of aromatic nitrogens is 3. The SMILES string of the molecule is Cc1nn(C)c2ncc(NC(=O)CC(C)N)cc12. The Morgan fingerprint density at radius 2 is 2.33 bits per heavy atom. The molecule has 2 aromatic heterocycles. The van der Waals surface area contributed by atoms with E-state index in [1.807, 2.05) is 20.0 Å².